The molecule has 5 heteroatoms. The maximum atomic E-state index is 6.20. The van der Waals surface area contributed by atoms with Crippen LogP contribution in [0.3, 0.4) is 0 Å². The number of aromatic nitrogens is 4. The molecule has 0 spiro atoms. The molecule has 0 aliphatic heterocycles. The van der Waals surface area contributed by atoms with Crippen molar-refractivity contribution in [2.75, 3.05) is 0 Å². The SMILES string of the molecule is c1ccc(-c2nc(-c3cccc(-c4cccc5oc6ccccc6c45)c3)nc(-c3ccc4c(c3)ncc3ccc5ccccc5c34)n2)cc1. The van der Waals surface area contributed by atoms with Gasteiger partial charge in [0.05, 0.1) is 5.52 Å². The van der Waals surface area contributed by atoms with Crippen molar-refractivity contribution in [2.45, 2.75) is 0 Å². The van der Waals surface area contributed by atoms with Crippen molar-refractivity contribution in [1.29, 1.82) is 0 Å². The van der Waals surface area contributed by atoms with Crippen molar-refractivity contribution in [2.24, 2.45) is 0 Å². The number of hydrogen-bond donors (Lipinski definition) is 0. The molecule has 0 saturated carbocycles. The van der Waals surface area contributed by atoms with Crippen molar-refractivity contribution < 1.29 is 4.42 Å². The summed E-state index contributed by atoms with van der Waals surface area (Å²) in [5.41, 5.74) is 7.51. The molecule has 0 bridgehead atoms. The predicted molar refractivity (Wildman–Crippen MR) is 199 cm³/mol. The molecule has 3 aromatic heterocycles. The highest BCUT2D eigenvalue weighted by Crippen LogP contribution is 2.38. The van der Waals surface area contributed by atoms with Crippen LogP contribution in [0.2, 0.25) is 0 Å². The number of hydrogen-bond acceptors (Lipinski definition) is 5. The summed E-state index contributed by atoms with van der Waals surface area (Å²) in [6.45, 7) is 0. The van der Waals surface area contributed by atoms with E-state index >= 15 is 0 Å². The molecule has 5 nitrogen and oxygen atoms in total. The Morgan fingerprint density at radius 3 is 1.92 bits per heavy atom. The monoisotopic (exact) mass is 626 g/mol. The number of nitrogens with zero attached hydrogens (tertiary/aromatic N) is 4. The quantitative estimate of drug-likeness (QED) is 0.182. The molecule has 0 radical (unpaired) electrons. The van der Waals surface area contributed by atoms with E-state index in [0.29, 0.717) is 17.5 Å². The van der Waals surface area contributed by atoms with Crippen LogP contribution in [0.4, 0.5) is 0 Å². The number of benzene rings is 7. The number of para-hydroxylation sites is 1. The second-order valence-corrected chi connectivity index (χ2v) is 12.3. The van der Waals surface area contributed by atoms with Crippen LogP contribution < -0.4 is 0 Å². The first-order valence-corrected chi connectivity index (χ1v) is 16.3. The van der Waals surface area contributed by atoms with E-state index in [1.54, 1.807) is 0 Å². The molecule has 0 N–H and O–H groups in total. The van der Waals surface area contributed by atoms with E-state index in [4.69, 9.17) is 24.4 Å². The normalized spacial score (nSPS) is 11.7. The first-order chi connectivity index (χ1) is 24.3. The highest BCUT2D eigenvalue weighted by atomic mass is 16.3. The van der Waals surface area contributed by atoms with Crippen LogP contribution in [0.25, 0.3) is 99.7 Å². The molecule has 0 saturated heterocycles. The van der Waals surface area contributed by atoms with Crippen molar-refractivity contribution in [3.8, 4) is 45.3 Å². The summed E-state index contributed by atoms with van der Waals surface area (Å²) in [7, 11) is 0. The van der Waals surface area contributed by atoms with Crippen molar-refractivity contribution in [3.05, 3.63) is 158 Å². The zero-order chi connectivity index (χ0) is 32.3. The molecule has 0 unspecified atom stereocenters. The molecule has 0 fully saturated rings. The fourth-order valence-electron chi connectivity index (χ4n) is 7.02. The standard InChI is InChI=1S/C44H26N4O/c1-2-11-28(12-3-1)42-46-43(30-14-8-13-29(24-30)34-17-9-19-39-41(34)36-16-6-7-18-38(36)49-39)48-44(47-42)31-22-23-35-37(25-31)45-26-32-21-20-27-10-4-5-15-33(27)40(32)35/h1-26H. The third-order valence-electron chi connectivity index (χ3n) is 9.33. The van der Waals surface area contributed by atoms with E-state index in [1.807, 2.05) is 60.8 Å². The molecule has 0 atom stereocenters. The minimum atomic E-state index is 0.596. The molecule has 10 rings (SSSR count). The molecular formula is C44H26N4O. The maximum absolute atomic E-state index is 6.20. The summed E-state index contributed by atoms with van der Waals surface area (Å²) in [5.74, 6) is 1.82. The fourth-order valence-corrected chi connectivity index (χ4v) is 7.02. The zero-order valence-electron chi connectivity index (χ0n) is 26.2. The first kappa shape index (κ1) is 27.4. The Balaban J connectivity index is 1.15. The minimum Gasteiger partial charge on any atom is -0.456 e. The third kappa shape index (κ3) is 4.55. The van der Waals surface area contributed by atoms with Crippen LogP contribution in [0.1, 0.15) is 0 Å². The second-order valence-electron chi connectivity index (χ2n) is 12.3. The summed E-state index contributed by atoms with van der Waals surface area (Å²) in [4.78, 5) is 20.0. The second kappa shape index (κ2) is 10.9. The lowest BCUT2D eigenvalue weighted by atomic mass is 9.97. The van der Waals surface area contributed by atoms with Crippen LogP contribution in [0, 0.1) is 0 Å². The number of furan rings is 1. The molecule has 49 heavy (non-hydrogen) atoms. The van der Waals surface area contributed by atoms with Crippen LogP contribution >= 0.6 is 0 Å². The van der Waals surface area contributed by atoms with Gasteiger partial charge in [0.15, 0.2) is 17.5 Å². The van der Waals surface area contributed by atoms with Gasteiger partial charge in [-0.3, -0.25) is 4.98 Å². The zero-order valence-corrected chi connectivity index (χ0v) is 26.2. The molecule has 0 amide bonds. The van der Waals surface area contributed by atoms with Gasteiger partial charge in [-0.15, -0.1) is 0 Å². The molecule has 7 aromatic carbocycles. The Morgan fingerprint density at radius 2 is 1.04 bits per heavy atom. The predicted octanol–water partition coefficient (Wildman–Crippen LogP) is 11.3. The summed E-state index contributed by atoms with van der Waals surface area (Å²) >= 11 is 0. The smallest absolute Gasteiger partial charge is 0.164 e. The molecule has 3 heterocycles. The lowest BCUT2D eigenvalue weighted by molar-refractivity contribution is 0.669. The van der Waals surface area contributed by atoms with Crippen LogP contribution in [-0.2, 0) is 0 Å². The maximum Gasteiger partial charge on any atom is 0.164 e. The van der Waals surface area contributed by atoms with Crippen molar-refractivity contribution in [1.82, 2.24) is 19.9 Å². The van der Waals surface area contributed by atoms with Crippen LogP contribution in [0.15, 0.2) is 162 Å². The van der Waals surface area contributed by atoms with Gasteiger partial charge >= 0.3 is 0 Å². The number of pyridine rings is 1. The molecular weight excluding hydrogens is 601 g/mol. The summed E-state index contributed by atoms with van der Waals surface area (Å²) in [6.07, 6.45) is 1.96. The minimum absolute atomic E-state index is 0.596. The summed E-state index contributed by atoms with van der Waals surface area (Å²) < 4.78 is 6.20. The first-order valence-electron chi connectivity index (χ1n) is 16.3. The van der Waals surface area contributed by atoms with Gasteiger partial charge in [0.2, 0.25) is 0 Å². The Bertz CT molecular complexity index is 2890. The third-order valence-corrected chi connectivity index (χ3v) is 9.33. The van der Waals surface area contributed by atoms with Gasteiger partial charge in [0.25, 0.3) is 0 Å². The van der Waals surface area contributed by atoms with Crippen molar-refractivity contribution in [3.63, 3.8) is 0 Å². The van der Waals surface area contributed by atoms with E-state index in [1.165, 1.54) is 16.2 Å². The Hall–Kier alpha value is -6.72. The van der Waals surface area contributed by atoms with Crippen molar-refractivity contribution >= 4 is 54.4 Å². The van der Waals surface area contributed by atoms with E-state index in [-0.39, 0.29) is 0 Å². The molecule has 228 valence electrons. The van der Waals surface area contributed by atoms with Gasteiger partial charge in [0.1, 0.15) is 11.2 Å². The molecule has 10 aromatic rings. The van der Waals surface area contributed by atoms with Gasteiger partial charge in [0, 0.05) is 49.8 Å². The largest absolute Gasteiger partial charge is 0.456 e. The van der Waals surface area contributed by atoms with Gasteiger partial charge in [-0.1, -0.05) is 127 Å². The lowest BCUT2D eigenvalue weighted by Crippen LogP contribution is -2.00. The summed E-state index contributed by atoms with van der Waals surface area (Å²) in [6, 6.07) is 52.0. The van der Waals surface area contributed by atoms with E-state index in [2.05, 4.69) is 97.1 Å². The van der Waals surface area contributed by atoms with E-state index in [0.717, 1.165) is 66.0 Å². The highest BCUT2D eigenvalue weighted by Gasteiger charge is 2.16. The van der Waals surface area contributed by atoms with E-state index in [9.17, 15) is 0 Å². The fraction of sp³-hybridized carbons (Fsp3) is 0. The van der Waals surface area contributed by atoms with Crippen LogP contribution in [0.5, 0.6) is 0 Å². The number of fused-ring (bicyclic) bond motifs is 8. The highest BCUT2D eigenvalue weighted by molar-refractivity contribution is 6.19. The molecule has 0 aliphatic rings. The average Bonchev–Trinajstić information content (AvgIpc) is 3.57. The Labute approximate surface area is 281 Å². The van der Waals surface area contributed by atoms with Gasteiger partial charge in [-0.25, -0.2) is 15.0 Å². The van der Waals surface area contributed by atoms with E-state index < -0.39 is 0 Å². The topological polar surface area (TPSA) is 64.7 Å². The number of rotatable bonds is 4. The van der Waals surface area contributed by atoms with Gasteiger partial charge in [-0.2, -0.15) is 0 Å². The molecule has 0 aliphatic carbocycles. The Morgan fingerprint density at radius 1 is 0.388 bits per heavy atom. The lowest BCUT2D eigenvalue weighted by Gasteiger charge is -2.11. The average molecular weight is 627 g/mol. The van der Waals surface area contributed by atoms with Gasteiger partial charge < -0.3 is 4.42 Å². The Kier molecular flexibility index (Phi) is 6.11. The summed E-state index contributed by atoms with van der Waals surface area (Å²) in [5, 5.41) is 8.04. The van der Waals surface area contributed by atoms with Crippen LogP contribution in [-0.4, -0.2) is 19.9 Å². The van der Waals surface area contributed by atoms with Gasteiger partial charge in [-0.05, 0) is 46.2 Å².